The van der Waals surface area contributed by atoms with Gasteiger partial charge in [0, 0.05) is 12.1 Å². The molecule has 0 radical (unpaired) electrons. The Bertz CT molecular complexity index is 623. The predicted octanol–water partition coefficient (Wildman–Crippen LogP) is 2.57. The third-order valence-corrected chi connectivity index (χ3v) is 4.81. The standard InChI is InChI=1S/C16H23N5O/c1-2-15-19-14(20-22-15)10-21-9-5-8-13(21)16-17-11-6-3-4-7-12(11)18-16/h13H,2-10H2,1H3,(H,17,18). The van der Waals surface area contributed by atoms with E-state index in [0.29, 0.717) is 6.04 Å². The lowest BCUT2D eigenvalue weighted by Crippen LogP contribution is -2.24. The van der Waals surface area contributed by atoms with Gasteiger partial charge < -0.3 is 9.51 Å². The Hall–Kier alpha value is -1.69. The molecule has 0 aromatic carbocycles. The second kappa shape index (κ2) is 5.83. The van der Waals surface area contributed by atoms with E-state index in [1.807, 2.05) is 6.92 Å². The highest BCUT2D eigenvalue weighted by Gasteiger charge is 2.30. The van der Waals surface area contributed by atoms with Crippen molar-refractivity contribution >= 4 is 0 Å². The second-order valence-corrected chi connectivity index (χ2v) is 6.34. The van der Waals surface area contributed by atoms with Gasteiger partial charge in [0.05, 0.1) is 18.3 Å². The first kappa shape index (κ1) is 13.9. The lowest BCUT2D eigenvalue weighted by Gasteiger charge is -2.20. The Morgan fingerprint density at radius 2 is 2.14 bits per heavy atom. The summed E-state index contributed by atoms with van der Waals surface area (Å²) >= 11 is 0. The molecule has 2 aliphatic rings. The van der Waals surface area contributed by atoms with Gasteiger partial charge in [0.2, 0.25) is 5.89 Å². The highest BCUT2D eigenvalue weighted by molar-refractivity contribution is 5.19. The third-order valence-electron chi connectivity index (χ3n) is 4.81. The van der Waals surface area contributed by atoms with Crippen molar-refractivity contribution in [3.63, 3.8) is 0 Å². The van der Waals surface area contributed by atoms with E-state index in [9.17, 15) is 0 Å². The molecule has 1 unspecified atom stereocenters. The van der Waals surface area contributed by atoms with E-state index in [0.717, 1.165) is 56.3 Å². The van der Waals surface area contributed by atoms with E-state index in [4.69, 9.17) is 9.51 Å². The molecule has 6 heteroatoms. The number of aryl methyl sites for hydroxylation is 3. The van der Waals surface area contributed by atoms with Crippen LogP contribution in [0.25, 0.3) is 0 Å². The number of likely N-dealkylation sites (tertiary alicyclic amines) is 1. The Morgan fingerprint density at radius 3 is 2.95 bits per heavy atom. The van der Waals surface area contributed by atoms with Crippen LogP contribution in [0, 0.1) is 0 Å². The number of nitrogens with one attached hydrogen (secondary N) is 1. The minimum atomic E-state index is 0.370. The van der Waals surface area contributed by atoms with Crippen molar-refractivity contribution in [3.05, 3.63) is 28.9 Å². The van der Waals surface area contributed by atoms with E-state index in [-0.39, 0.29) is 0 Å². The number of aromatic nitrogens is 4. The number of hydrogen-bond acceptors (Lipinski definition) is 5. The number of rotatable bonds is 4. The molecule has 0 bridgehead atoms. The normalized spacial score (nSPS) is 22.1. The number of aromatic amines is 1. The maximum atomic E-state index is 5.22. The molecular formula is C16H23N5O. The zero-order chi connectivity index (χ0) is 14.9. The summed E-state index contributed by atoms with van der Waals surface area (Å²) in [6.45, 7) is 3.86. The monoisotopic (exact) mass is 301 g/mol. The van der Waals surface area contributed by atoms with Crippen LogP contribution in [0.15, 0.2) is 4.52 Å². The molecule has 0 spiro atoms. The van der Waals surface area contributed by atoms with Crippen molar-refractivity contribution in [1.29, 1.82) is 0 Å². The van der Waals surface area contributed by atoms with Gasteiger partial charge >= 0.3 is 0 Å². The maximum Gasteiger partial charge on any atom is 0.226 e. The molecule has 0 saturated carbocycles. The quantitative estimate of drug-likeness (QED) is 0.939. The fraction of sp³-hybridized carbons (Fsp3) is 0.688. The number of nitrogens with zero attached hydrogens (tertiary/aromatic N) is 4. The van der Waals surface area contributed by atoms with Gasteiger partial charge in [0.1, 0.15) is 5.82 Å². The van der Waals surface area contributed by atoms with Crippen LogP contribution in [-0.2, 0) is 25.8 Å². The number of fused-ring (bicyclic) bond motifs is 1. The zero-order valence-electron chi connectivity index (χ0n) is 13.1. The van der Waals surface area contributed by atoms with Crippen LogP contribution in [0.4, 0.5) is 0 Å². The minimum Gasteiger partial charge on any atom is -0.344 e. The van der Waals surface area contributed by atoms with Gasteiger partial charge in [-0.3, -0.25) is 4.90 Å². The summed E-state index contributed by atoms with van der Waals surface area (Å²) in [4.78, 5) is 15.3. The van der Waals surface area contributed by atoms with Crippen LogP contribution in [-0.4, -0.2) is 31.6 Å². The van der Waals surface area contributed by atoms with Crippen LogP contribution in [0.5, 0.6) is 0 Å². The van der Waals surface area contributed by atoms with E-state index < -0.39 is 0 Å². The molecule has 3 heterocycles. The molecule has 1 aliphatic heterocycles. The summed E-state index contributed by atoms with van der Waals surface area (Å²) in [6, 6.07) is 0.370. The van der Waals surface area contributed by atoms with Gasteiger partial charge in [-0.2, -0.15) is 4.98 Å². The Labute approximate surface area is 130 Å². The van der Waals surface area contributed by atoms with Crippen molar-refractivity contribution in [2.45, 2.75) is 64.5 Å². The van der Waals surface area contributed by atoms with Crippen LogP contribution in [0.3, 0.4) is 0 Å². The summed E-state index contributed by atoms with van der Waals surface area (Å²) in [7, 11) is 0. The average Bonchev–Trinajstić information content (AvgIpc) is 3.25. The fourth-order valence-corrected chi connectivity index (χ4v) is 3.64. The summed E-state index contributed by atoms with van der Waals surface area (Å²) < 4.78 is 5.22. The summed E-state index contributed by atoms with van der Waals surface area (Å²) in [6.07, 6.45) is 7.99. The molecule has 1 atom stereocenters. The van der Waals surface area contributed by atoms with Gasteiger partial charge in [-0.1, -0.05) is 12.1 Å². The van der Waals surface area contributed by atoms with Crippen molar-refractivity contribution in [1.82, 2.24) is 25.0 Å². The van der Waals surface area contributed by atoms with Gasteiger partial charge in [0.25, 0.3) is 0 Å². The first-order valence-corrected chi connectivity index (χ1v) is 8.46. The van der Waals surface area contributed by atoms with Gasteiger partial charge in [0.15, 0.2) is 5.82 Å². The Morgan fingerprint density at radius 1 is 1.23 bits per heavy atom. The summed E-state index contributed by atoms with van der Waals surface area (Å²) in [5.74, 6) is 2.66. The molecule has 1 aliphatic carbocycles. The largest absolute Gasteiger partial charge is 0.344 e. The van der Waals surface area contributed by atoms with E-state index >= 15 is 0 Å². The Kier molecular flexibility index (Phi) is 3.70. The maximum absolute atomic E-state index is 5.22. The third kappa shape index (κ3) is 2.56. The van der Waals surface area contributed by atoms with E-state index in [1.165, 1.54) is 30.7 Å². The molecular weight excluding hydrogens is 278 g/mol. The Balaban J connectivity index is 1.51. The van der Waals surface area contributed by atoms with Gasteiger partial charge in [-0.25, -0.2) is 4.98 Å². The minimum absolute atomic E-state index is 0.370. The highest BCUT2D eigenvalue weighted by atomic mass is 16.5. The SMILES string of the molecule is CCc1nc(CN2CCCC2c2nc3c([nH]2)CCCC3)no1. The lowest BCUT2D eigenvalue weighted by molar-refractivity contribution is 0.230. The molecule has 2 aromatic heterocycles. The molecule has 2 aromatic rings. The van der Waals surface area contributed by atoms with Crippen LogP contribution in [0.1, 0.15) is 67.6 Å². The zero-order valence-corrected chi connectivity index (χ0v) is 13.1. The molecule has 22 heavy (non-hydrogen) atoms. The molecule has 0 amide bonds. The molecule has 6 nitrogen and oxygen atoms in total. The van der Waals surface area contributed by atoms with Crippen LogP contribution in [0.2, 0.25) is 0 Å². The van der Waals surface area contributed by atoms with Crippen molar-refractivity contribution in [2.75, 3.05) is 6.54 Å². The topological polar surface area (TPSA) is 70.8 Å². The molecule has 1 N–H and O–H groups in total. The fourth-order valence-electron chi connectivity index (χ4n) is 3.64. The molecule has 4 rings (SSSR count). The molecule has 118 valence electrons. The molecule has 1 fully saturated rings. The summed E-state index contributed by atoms with van der Waals surface area (Å²) in [5, 5.41) is 4.09. The second-order valence-electron chi connectivity index (χ2n) is 6.34. The van der Waals surface area contributed by atoms with E-state index in [1.54, 1.807) is 0 Å². The van der Waals surface area contributed by atoms with Crippen molar-refractivity contribution in [2.24, 2.45) is 0 Å². The lowest BCUT2D eigenvalue weighted by atomic mass is 10.0. The van der Waals surface area contributed by atoms with Gasteiger partial charge in [-0.05, 0) is 45.1 Å². The smallest absolute Gasteiger partial charge is 0.226 e. The van der Waals surface area contributed by atoms with Crippen LogP contribution >= 0.6 is 0 Å². The first-order chi connectivity index (χ1) is 10.8. The highest BCUT2D eigenvalue weighted by Crippen LogP contribution is 2.33. The van der Waals surface area contributed by atoms with Crippen molar-refractivity contribution < 1.29 is 4.52 Å². The number of H-pyrrole nitrogens is 1. The van der Waals surface area contributed by atoms with E-state index in [2.05, 4.69) is 20.0 Å². The predicted molar refractivity (Wildman–Crippen MR) is 81.3 cm³/mol. The average molecular weight is 301 g/mol. The molecule has 1 saturated heterocycles. The van der Waals surface area contributed by atoms with Crippen LogP contribution < -0.4 is 0 Å². The number of imidazole rings is 1. The first-order valence-electron chi connectivity index (χ1n) is 8.46. The van der Waals surface area contributed by atoms with Gasteiger partial charge in [-0.15, -0.1) is 0 Å². The summed E-state index contributed by atoms with van der Waals surface area (Å²) in [5.41, 5.74) is 2.65. The number of hydrogen-bond donors (Lipinski definition) is 1. The van der Waals surface area contributed by atoms with Crippen molar-refractivity contribution in [3.8, 4) is 0 Å².